The van der Waals surface area contributed by atoms with Crippen molar-refractivity contribution in [2.24, 2.45) is 0 Å². The zero-order valence-electron chi connectivity index (χ0n) is 8.02. The molecule has 70 valence electrons. The Morgan fingerprint density at radius 3 is 2.92 bits per heavy atom. The Labute approximate surface area is 84.1 Å². The fraction of sp³-hybridized carbons (Fsp3) is 0.455. The maximum absolute atomic E-state index is 5.93. The summed E-state index contributed by atoms with van der Waals surface area (Å²) in [5, 5.41) is 4.30. The van der Waals surface area contributed by atoms with Crippen LogP contribution in [0.15, 0.2) is 18.2 Å². The van der Waals surface area contributed by atoms with Crippen LogP contribution in [0.2, 0.25) is 5.02 Å². The molecule has 2 heteroatoms. The molecule has 0 aromatic heterocycles. The van der Waals surface area contributed by atoms with E-state index in [0.717, 1.165) is 11.4 Å². The molecule has 1 heterocycles. The Morgan fingerprint density at radius 2 is 2.15 bits per heavy atom. The van der Waals surface area contributed by atoms with E-state index in [9.17, 15) is 0 Å². The lowest BCUT2D eigenvalue weighted by Gasteiger charge is -2.33. The minimum atomic E-state index is 0.206. The van der Waals surface area contributed by atoms with Gasteiger partial charge in [-0.2, -0.15) is 0 Å². The molecule has 13 heavy (non-hydrogen) atoms. The van der Waals surface area contributed by atoms with Crippen LogP contribution < -0.4 is 5.32 Å². The first-order valence-electron chi connectivity index (χ1n) is 4.63. The zero-order chi connectivity index (χ0) is 9.47. The van der Waals surface area contributed by atoms with Gasteiger partial charge < -0.3 is 5.32 Å². The van der Waals surface area contributed by atoms with Gasteiger partial charge in [-0.3, -0.25) is 0 Å². The fourth-order valence-corrected chi connectivity index (χ4v) is 1.93. The van der Waals surface area contributed by atoms with Crippen LogP contribution in [0, 0.1) is 0 Å². The van der Waals surface area contributed by atoms with Gasteiger partial charge in [0.25, 0.3) is 0 Å². The molecular formula is C11H14ClN. The quantitative estimate of drug-likeness (QED) is 0.669. The Bertz CT molecular complexity index is 331. The number of benzene rings is 1. The summed E-state index contributed by atoms with van der Waals surface area (Å²) in [5.41, 5.74) is 2.78. The van der Waals surface area contributed by atoms with Gasteiger partial charge in [-0.25, -0.2) is 0 Å². The summed E-state index contributed by atoms with van der Waals surface area (Å²) in [5.74, 6) is 0. The highest BCUT2D eigenvalue weighted by atomic mass is 35.5. The van der Waals surface area contributed by atoms with Crippen molar-refractivity contribution < 1.29 is 0 Å². The van der Waals surface area contributed by atoms with Gasteiger partial charge in [-0.05, 0) is 44.4 Å². The van der Waals surface area contributed by atoms with E-state index >= 15 is 0 Å². The van der Waals surface area contributed by atoms with Crippen LogP contribution in [0.1, 0.15) is 25.8 Å². The number of fused-ring (bicyclic) bond motifs is 1. The van der Waals surface area contributed by atoms with Gasteiger partial charge >= 0.3 is 0 Å². The van der Waals surface area contributed by atoms with E-state index < -0.39 is 0 Å². The topological polar surface area (TPSA) is 12.0 Å². The average Bonchev–Trinajstić information content (AvgIpc) is 2.01. The zero-order valence-corrected chi connectivity index (χ0v) is 8.78. The first-order valence-corrected chi connectivity index (χ1v) is 5.01. The Hall–Kier alpha value is -0.690. The monoisotopic (exact) mass is 195 g/mol. The molecule has 0 spiro atoms. The van der Waals surface area contributed by atoms with Crippen molar-refractivity contribution >= 4 is 17.3 Å². The Balaban J connectivity index is 2.38. The Kier molecular flexibility index (Phi) is 1.99. The normalized spacial score (nSPS) is 19.0. The molecule has 1 aliphatic rings. The van der Waals surface area contributed by atoms with Gasteiger partial charge in [0.15, 0.2) is 0 Å². The van der Waals surface area contributed by atoms with E-state index in [2.05, 4.69) is 25.2 Å². The van der Waals surface area contributed by atoms with Crippen LogP contribution in [0.3, 0.4) is 0 Å². The van der Waals surface area contributed by atoms with E-state index in [-0.39, 0.29) is 5.54 Å². The largest absolute Gasteiger partial charge is 0.380 e. The molecule has 2 rings (SSSR count). The minimum absolute atomic E-state index is 0.206. The summed E-state index contributed by atoms with van der Waals surface area (Å²) in [6.45, 7) is 4.44. The van der Waals surface area contributed by atoms with Crippen LogP contribution in [0.25, 0.3) is 0 Å². The molecule has 0 unspecified atom stereocenters. The summed E-state index contributed by atoms with van der Waals surface area (Å²) in [6.07, 6.45) is 2.33. The Morgan fingerprint density at radius 1 is 1.38 bits per heavy atom. The molecule has 1 aliphatic heterocycles. The van der Waals surface area contributed by atoms with Crippen LogP contribution in [-0.2, 0) is 6.42 Å². The predicted octanol–water partition coefficient (Wildman–Crippen LogP) is 3.48. The van der Waals surface area contributed by atoms with E-state index in [1.165, 1.54) is 17.7 Å². The molecule has 0 amide bonds. The first-order chi connectivity index (χ1) is 6.07. The number of rotatable bonds is 0. The molecule has 1 aromatic carbocycles. The van der Waals surface area contributed by atoms with Gasteiger partial charge in [0.05, 0.1) is 0 Å². The molecular weight excluding hydrogens is 182 g/mol. The van der Waals surface area contributed by atoms with Crippen molar-refractivity contribution in [3.05, 3.63) is 28.8 Å². The third-order valence-corrected chi connectivity index (χ3v) is 2.80. The van der Waals surface area contributed by atoms with Gasteiger partial charge in [0.2, 0.25) is 0 Å². The van der Waals surface area contributed by atoms with Crippen LogP contribution in [0.4, 0.5) is 5.69 Å². The second-order valence-corrected chi connectivity index (χ2v) is 4.75. The van der Waals surface area contributed by atoms with E-state index in [0.29, 0.717) is 0 Å². The maximum atomic E-state index is 5.93. The summed E-state index contributed by atoms with van der Waals surface area (Å²) < 4.78 is 0. The molecule has 0 fully saturated rings. The molecule has 1 nitrogen and oxygen atoms in total. The first kappa shape index (κ1) is 8.89. The molecule has 0 radical (unpaired) electrons. The number of nitrogens with one attached hydrogen (secondary N) is 1. The van der Waals surface area contributed by atoms with Gasteiger partial charge in [0, 0.05) is 16.2 Å². The lowest BCUT2D eigenvalue weighted by molar-refractivity contribution is 0.502. The van der Waals surface area contributed by atoms with Crippen molar-refractivity contribution in [1.82, 2.24) is 0 Å². The maximum Gasteiger partial charge on any atom is 0.0426 e. The smallest absolute Gasteiger partial charge is 0.0426 e. The molecule has 1 aromatic rings. The summed E-state index contributed by atoms with van der Waals surface area (Å²) in [7, 11) is 0. The fourth-order valence-electron chi connectivity index (χ4n) is 1.76. The second kappa shape index (κ2) is 2.91. The van der Waals surface area contributed by atoms with Gasteiger partial charge in [0.1, 0.15) is 0 Å². The standard InChI is InChI=1S/C11H14ClN/c1-11(2)6-5-8-3-4-9(12)7-10(8)13-11/h3-4,7,13H,5-6H2,1-2H3. The molecule has 1 N–H and O–H groups in total. The lowest BCUT2D eigenvalue weighted by atomic mass is 9.89. The molecule has 0 saturated carbocycles. The molecule has 0 saturated heterocycles. The molecule has 0 bridgehead atoms. The van der Waals surface area contributed by atoms with Crippen molar-refractivity contribution in [1.29, 1.82) is 0 Å². The van der Waals surface area contributed by atoms with Crippen molar-refractivity contribution in [3.8, 4) is 0 Å². The number of hydrogen-bond donors (Lipinski definition) is 1. The molecule has 0 atom stereocenters. The van der Waals surface area contributed by atoms with E-state index in [4.69, 9.17) is 11.6 Å². The molecule has 0 aliphatic carbocycles. The third kappa shape index (κ3) is 1.80. The van der Waals surface area contributed by atoms with Gasteiger partial charge in [-0.15, -0.1) is 0 Å². The van der Waals surface area contributed by atoms with Crippen molar-refractivity contribution in [3.63, 3.8) is 0 Å². The number of aryl methyl sites for hydroxylation is 1. The highest BCUT2D eigenvalue weighted by molar-refractivity contribution is 6.30. The third-order valence-electron chi connectivity index (χ3n) is 2.56. The summed E-state index contributed by atoms with van der Waals surface area (Å²) >= 11 is 5.93. The van der Waals surface area contributed by atoms with E-state index in [1.807, 2.05) is 12.1 Å². The predicted molar refractivity (Wildman–Crippen MR) is 57.5 cm³/mol. The number of hydrogen-bond acceptors (Lipinski definition) is 1. The van der Waals surface area contributed by atoms with Crippen molar-refractivity contribution in [2.75, 3.05) is 5.32 Å². The van der Waals surface area contributed by atoms with Crippen LogP contribution in [0.5, 0.6) is 0 Å². The SMILES string of the molecule is CC1(C)CCc2ccc(Cl)cc2N1. The van der Waals surface area contributed by atoms with Gasteiger partial charge in [-0.1, -0.05) is 17.7 Å². The summed E-state index contributed by atoms with van der Waals surface area (Å²) in [4.78, 5) is 0. The average molecular weight is 196 g/mol. The van der Waals surface area contributed by atoms with Crippen LogP contribution >= 0.6 is 11.6 Å². The van der Waals surface area contributed by atoms with E-state index in [1.54, 1.807) is 0 Å². The minimum Gasteiger partial charge on any atom is -0.380 e. The lowest BCUT2D eigenvalue weighted by Crippen LogP contribution is -2.35. The second-order valence-electron chi connectivity index (χ2n) is 4.31. The highest BCUT2D eigenvalue weighted by Crippen LogP contribution is 2.31. The summed E-state index contributed by atoms with van der Waals surface area (Å²) in [6, 6.07) is 6.08. The number of halogens is 1. The van der Waals surface area contributed by atoms with Crippen molar-refractivity contribution in [2.45, 2.75) is 32.2 Å². The van der Waals surface area contributed by atoms with Crippen LogP contribution in [-0.4, -0.2) is 5.54 Å². The highest BCUT2D eigenvalue weighted by Gasteiger charge is 2.23. The number of anilines is 1.